The Morgan fingerprint density at radius 1 is 1.24 bits per heavy atom. The maximum absolute atomic E-state index is 3.68. The molecule has 0 aliphatic carbocycles. The number of hydrogen-bond donors (Lipinski definition) is 1. The van der Waals surface area contributed by atoms with Crippen LogP contribution in [0, 0.1) is 0 Å². The molecular formula is C16H18Br2N2S. The molecule has 1 fully saturated rings. The Hall–Kier alpha value is -0.200. The molecule has 0 spiro atoms. The van der Waals surface area contributed by atoms with Crippen LogP contribution in [0.5, 0.6) is 0 Å². The van der Waals surface area contributed by atoms with Gasteiger partial charge in [-0.3, -0.25) is 4.90 Å². The van der Waals surface area contributed by atoms with Crippen molar-refractivity contribution in [1.82, 2.24) is 10.2 Å². The molecule has 0 saturated carbocycles. The smallest absolute Gasteiger partial charge is 0.0843 e. The van der Waals surface area contributed by atoms with Gasteiger partial charge in [0.2, 0.25) is 0 Å². The van der Waals surface area contributed by atoms with Crippen molar-refractivity contribution in [2.24, 2.45) is 0 Å². The van der Waals surface area contributed by atoms with Gasteiger partial charge >= 0.3 is 0 Å². The summed E-state index contributed by atoms with van der Waals surface area (Å²) in [6.45, 7) is 4.35. The van der Waals surface area contributed by atoms with Crippen LogP contribution in [0.1, 0.15) is 16.9 Å². The van der Waals surface area contributed by atoms with E-state index < -0.39 is 0 Å². The lowest BCUT2D eigenvalue weighted by atomic mass is 10.2. The minimum absolute atomic E-state index is 0.605. The lowest BCUT2D eigenvalue weighted by Gasteiger charge is -2.16. The molecule has 1 aromatic carbocycles. The first-order chi connectivity index (χ1) is 10.2. The summed E-state index contributed by atoms with van der Waals surface area (Å²) >= 11 is 8.89. The zero-order valence-electron chi connectivity index (χ0n) is 11.7. The number of hydrogen-bond acceptors (Lipinski definition) is 3. The quantitative estimate of drug-likeness (QED) is 0.744. The molecule has 1 atom stereocenters. The summed E-state index contributed by atoms with van der Waals surface area (Å²) in [5.74, 6) is 0. The molecule has 1 N–H and O–H groups in total. The Morgan fingerprint density at radius 3 is 2.76 bits per heavy atom. The van der Waals surface area contributed by atoms with Gasteiger partial charge in [-0.1, -0.05) is 30.3 Å². The molecule has 1 aliphatic heterocycles. The molecule has 0 radical (unpaired) electrons. The van der Waals surface area contributed by atoms with Crippen LogP contribution in [0.2, 0.25) is 0 Å². The first kappa shape index (κ1) is 15.7. The summed E-state index contributed by atoms with van der Waals surface area (Å²) in [7, 11) is 0. The van der Waals surface area contributed by atoms with Crippen molar-refractivity contribution >= 4 is 43.2 Å². The van der Waals surface area contributed by atoms with E-state index in [9.17, 15) is 0 Å². The van der Waals surface area contributed by atoms with Gasteiger partial charge in [0, 0.05) is 41.6 Å². The normalized spacial score (nSPS) is 19.2. The van der Waals surface area contributed by atoms with Crippen molar-refractivity contribution < 1.29 is 0 Å². The van der Waals surface area contributed by atoms with Crippen LogP contribution in [0.3, 0.4) is 0 Å². The monoisotopic (exact) mass is 428 g/mol. The van der Waals surface area contributed by atoms with Crippen LogP contribution in [0.15, 0.2) is 44.7 Å². The van der Waals surface area contributed by atoms with Crippen LogP contribution in [0.25, 0.3) is 0 Å². The van der Waals surface area contributed by atoms with E-state index in [1.807, 2.05) is 0 Å². The summed E-state index contributed by atoms with van der Waals surface area (Å²) in [6.07, 6.45) is 1.24. The summed E-state index contributed by atoms with van der Waals surface area (Å²) < 4.78 is 2.33. The molecule has 1 aliphatic rings. The van der Waals surface area contributed by atoms with Gasteiger partial charge in [0.1, 0.15) is 0 Å². The third-order valence-electron chi connectivity index (χ3n) is 3.78. The van der Waals surface area contributed by atoms with Gasteiger partial charge in [-0.05, 0) is 49.9 Å². The number of nitrogens with zero attached hydrogens (tertiary/aromatic N) is 1. The molecule has 1 unspecified atom stereocenters. The van der Waals surface area contributed by atoms with Crippen LogP contribution < -0.4 is 5.32 Å². The summed E-state index contributed by atoms with van der Waals surface area (Å²) in [5, 5.41) is 3.68. The number of rotatable bonds is 5. The van der Waals surface area contributed by atoms with Crippen molar-refractivity contribution in [2.45, 2.75) is 25.6 Å². The Balaban J connectivity index is 1.46. The maximum Gasteiger partial charge on any atom is 0.0843 e. The number of nitrogens with one attached hydrogen (secondary N) is 1. The molecule has 2 heterocycles. The zero-order valence-corrected chi connectivity index (χ0v) is 15.7. The highest BCUT2D eigenvalue weighted by atomic mass is 79.9. The number of halogens is 2. The topological polar surface area (TPSA) is 15.3 Å². The van der Waals surface area contributed by atoms with Gasteiger partial charge in [0.25, 0.3) is 0 Å². The van der Waals surface area contributed by atoms with Crippen molar-refractivity contribution in [3.63, 3.8) is 0 Å². The number of benzene rings is 1. The molecule has 2 aromatic rings. The Bertz CT molecular complexity index is 566. The van der Waals surface area contributed by atoms with Crippen molar-refractivity contribution in [2.75, 3.05) is 13.1 Å². The van der Waals surface area contributed by atoms with Crippen molar-refractivity contribution in [3.05, 3.63) is 55.1 Å². The highest BCUT2D eigenvalue weighted by Gasteiger charge is 2.22. The second-order valence-electron chi connectivity index (χ2n) is 5.42. The zero-order chi connectivity index (χ0) is 14.7. The van der Waals surface area contributed by atoms with Gasteiger partial charge in [-0.25, -0.2) is 0 Å². The second-order valence-corrected chi connectivity index (χ2v) is 8.73. The molecule has 3 rings (SSSR count). The average Bonchev–Trinajstić information content (AvgIpc) is 3.05. The summed E-state index contributed by atoms with van der Waals surface area (Å²) in [4.78, 5) is 3.91. The first-order valence-corrected chi connectivity index (χ1v) is 9.54. The lowest BCUT2D eigenvalue weighted by molar-refractivity contribution is 0.320. The number of likely N-dealkylation sites (tertiary alicyclic amines) is 1. The fourth-order valence-corrected chi connectivity index (χ4v) is 4.84. The van der Waals surface area contributed by atoms with Gasteiger partial charge in [0.05, 0.1) is 3.79 Å². The third kappa shape index (κ3) is 4.39. The molecular weight excluding hydrogens is 412 g/mol. The van der Waals surface area contributed by atoms with Crippen molar-refractivity contribution in [3.8, 4) is 0 Å². The highest BCUT2D eigenvalue weighted by Crippen LogP contribution is 2.32. The van der Waals surface area contributed by atoms with Crippen LogP contribution in [0.4, 0.5) is 0 Å². The molecule has 1 aromatic heterocycles. The van der Waals surface area contributed by atoms with E-state index in [1.165, 1.54) is 27.2 Å². The molecule has 0 amide bonds. The van der Waals surface area contributed by atoms with E-state index in [1.54, 1.807) is 11.3 Å². The van der Waals surface area contributed by atoms with E-state index >= 15 is 0 Å². The summed E-state index contributed by atoms with van der Waals surface area (Å²) in [5.41, 5.74) is 1.41. The number of thiophene rings is 1. The van der Waals surface area contributed by atoms with Crippen LogP contribution in [-0.2, 0) is 13.1 Å². The molecule has 0 bridgehead atoms. The molecule has 1 saturated heterocycles. The van der Waals surface area contributed by atoms with Crippen molar-refractivity contribution in [1.29, 1.82) is 0 Å². The molecule has 112 valence electrons. The predicted octanol–water partition coefficient (Wildman–Crippen LogP) is 4.64. The SMILES string of the molecule is Brc1cc(CNC2CCN(Cc3ccccc3)C2)sc1Br. The standard InChI is InChI=1S/C16H18Br2N2S/c17-15-8-14(21-16(15)18)9-19-13-6-7-20(11-13)10-12-4-2-1-3-5-12/h1-5,8,13,19H,6-7,9-11H2. The fraction of sp³-hybridized carbons (Fsp3) is 0.375. The van der Waals surface area contributed by atoms with Gasteiger partial charge in [-0.15, -0.1) is 11.3 Å². The van der Waals surface area contributed by atoms with E-state index in [2.05, 4.69) is 78.5 Å². The minimum Gasteiger partial charge on any atom is -0.308 e. The highest BCUT2D eigenvalue weighted by molar-refractivity contribution is 9.13. The minimum atomic E-state index is 0.605. The lowest BCUT2D eigenvalue weighted by Crippen LogP contribution is -2.31. The predicted molar refractivity (Wildman–Crippen MR) is 96.7 cm³/mol. The van der Waals surface area contributed by atoms with E-state index in [4.69, 9.17) is 0 Å². The van der Waals surface area contributed by atoms with Crippen LogP contribution >= 0.6 is 43.2 Å². The third-order valence-corrected chi connectivity index (χ3v) is 7.04. The second kappa shape index (κ2) is 7.38. The average molecular weight is 430 g/mol. The largest absolute Gasteiger partial charge is 0.308 e. The van der Waals surface area contributed by atoms with Gasteiger partial charge in [0.15, 0.2) is 0 Å². The molecule has 21 heavy (non-hydrogen) atoms. The molecule has 2 nitrogen and oxygen atoms in total. The summed E-state index contributed by atoms with van der Waals surface area (Å²) in [6, 6.07) is 13.5. The molecule has 5 heteroatoms. The Kier molecular flexibility index (Phi) is 5.51. The van der Waals surface area contributed by atoms with E-state index in [-0.39, 0.29) is 0 Å². The van der Waals surface area contributed by atoms with Gasteiger partial charge < -0.3 is 5.32 Å². The van der Waals surface area contributed by atoms with E-state index in [0.29, 0.717) is 6.04 Å². The van der Waals surface area contributed by atoms with Crippen LogP contribution in [-0.4, -0.2) is 24.0 Å². The Labute approximate surface area is 146 Å². The van der Waals surface area contributed by atoms with Gasteiger partial charge in [-0.2, -0.15) is 0 Å². The van der Waals surface area contributed by atoms with E-state index in [0.717, 1.165) is 24.1 Å². The fourth-order valence-electron chi connectivity index (χ4n) is 2.71. The first-order valence-electron chi connectivity index (χ1n) is 7.14. The Morgan fingerprint density at radius 2 is 2.05 bits per heavy atom. The maximum atomic E-state index is 3.68.